The highest BCUT2D eigenvalue weighted by Crippen LogP contribution is 2.28. The van der Waals surface area contributed by atoms with E-state index in [-0.39, 0.29) is 28.8 Å². The molecule has 0 spiro atoms. The van der Waals surface area contributed by atoms with Crippen LogP contribution in [0.4, 0.5) is 11.4 Å². The Bertz CT molecular complexity index is 960. The first kappa shape index (κ1) is 20.6. The van der Waals surface area contributed by atoms with Crippen LogP contribution < -0.4 is 10.1 Å². The molecule has 0 bridgehead atoms. The molecule has 0 aromatic heterocycles. The van der Waals surface area contributed by atoms with Crippen molar-refractivity contribution in [2.45, 2.75) is 13.0 Å². The number of nitro groups is 1. The Labute approximate surface area is 179 Å². The van der Waals surface area contributed by atoms with Gasteiger partial charge in [-0.25, -0.2) is 0 Å². The molecule has 0 radical (unpaired) electrons. The summed E-state index contributed by atoms with van der Waals surface area (Å²) in [6.45, 7) is 5.10. The van der Waals surface area contributed by atoms with Crippen LogP contribution in [0.2, 0.25) is 5.02 Å². The predicted octanol–water partition coefficient (Wildman–Crippen LogP) is 2.94. The number of ether oxygens (including phenoxy) is 1. The highest BCUT2D eigenvalue weighted by atomic mass is 35.5. The van der Waals surface area contributed by atoms with E-state index in [4.69, 9.17) is 16.3 Å². The number of halogens is 1. The van der Waals surface area contributed by atoms with Crippen molar-refractivity contribution < 1.29 is 14.5 Å². The third kappa shape index (κ3) is 4.89. The van der Waals surface area contributed by atoms with Gasteiger partial charge in [-0.1, -0.05) is 23.7 Å². The highest BCUT2D eigenvalue weighted by Gasteiger charge is 2.22. The molecular weight excluding hydrogens is 408 g/mol. The number of rotatable bonds is 6. The number of piperazine rings is 1. The number of hydrogen-bond donors (Lipinski definition) is 1. The number of benzene rings is 2. The zero-order chi connectivity index (χ0) is 21.1. The van der Waals surface area contributed by atoms with Crippen LogP contribution in [0, 0.1) is 10.1 Å². The van der Waals surface area contributed by atoms with Gasteiger partial charge >= 0.3 is 0 Å². The van der Waals surface area contributed by atoms with E-state index < -0.39 is 4.92 Å². The number of nitrogens with one attached hydrogen (secondary N) is 1. The van der Waals surface area contributed by atoms with Crippen LogP contribution in [0.25, 0.3) is 0 Å². The Morgan fingerprint density at radius 1 is 1.13 bits per heavy atom. The van der Waals surface area contributed by atoms with Gasteiger partial charge in [0, 0.05) is 50.2 Å². The zero-order valence-electron chi connectivity index (χ0n) is 16.5. The van der Waals surface area contributed by atoms with Crippen molar-refractivity contribution in [1.29, 1.82) is 0 Å². The molecule has 8 nitrogen and oxygen atoms in total. The molecule has 0 saturated carbocycles. The normalized spacial score (nSPS) is 16.7. The van der Waals surface area contributed by atoms with Crippen molar-refractivity contribution in [2.24, 2.45) is 0 Å². The third-order valence-electron chi connectivity index (χ3n) is 5.42. The fourth-order valence-electron chi connectivity index (χ4n) is 3.86. The molecule has 0 unspecified atom stereocenters. The van der Waals surface area contributed by atoms with Gasteiger partial charge in [0.15, 0.2) is 0 Å². The molecular formula is C21H23ClN4O4. The van der Waals surface area contributed by atoms with Crippen LogP contribution in [-0.4, -0.2) is 60.0 Å². The number of hydrogen-bond acceptors (Lipinski definition) is 6. The van der Waals surface area contributed by atoms with E-state index in [1.165, 1.54) is 29.3 Å². The van der Waals surface area contributed by atoms with E-state index in [2.05, 4.69) is 27.2 Å². The van der Waals surface area contributed by atoms with Gasteiger partial charge in [0.25, 0.3) is 5.69 Å². The van der Waals surface area contributed by atoms with Gasteiger partial charge < -0.3 is 10.1 Å². The first-order valence-electron chi connectivity index (χ1n) is 9.91. The number of carbonyl (C=O) groups is 1. The fraction of sp³-hybridized carbons (Fsp3) is 0.381. The van der Waals surface area contributed by atoms with Gasteiger partial charge in [-0.05, 0) is 29.3 Å². The van der Waals surface area contributed by atoms with E-state index in [1.807, 2.05) is 6.07 Å². The van der Waals surface area contributed by atoms with Crippen molar-refractivity contribution >= 4 is 28.9 Å². The van der Waals surface area contributed by atoms with Crippen molar-refractivity contribution in [3.63, 3.8) is 0 Å². The van der Waals surface area contributed by atoms with Gasteiger partial charge in [0.1, 0.15) is 11.4 Å². The number of nitro benzene ring substituents is 1. The summed E-state index contributed by atoms with van der Waals surface area (Å²) in [5.41, 5.74) is 2.51. The molecule has 1 N–H and O–H groups in total. The van der Waals surface area contributed by atoms with E-state index >= 15 is 0 Å². The zero-order valence-corrected chi connectivity index (χ0v) is 17.2. The monoisotopic (exact) mass is 430 g/mol. The van der Waals surface area contributed by atoms with Gasteiger partial charge in [0.05, 0.1) is 18.1 Å². The second-order valence-corrected chi connectivity index (χ2v) is 8.00. The summed E-state index contributed by atoms with van der Waals surface area (Å²) in [5.74, 6) is 0.725. The molecule has 30 heavy (non-hydrogen) atoms. The number of amides is 1. The summed E-state index contributed by atoms with van der Waals surface area (Å²) in [6, 6.07) is 10.6. The van der Waals surface area contributed by atoms with Crippen molar-refractivity contribution in [3.05, 3.63) is 62.7 Å². The molecule has 2 aliphatic heterocycles. The lowest BCUT2D eigenvalue weighted by Crippen LogP contribution is -2.48. The topological polar surface area (TPSA) is 88.0 Å². The minimum Gasteiger partial charge on any atom is -0.493 e. The van der Waals surface area contributed by atoms with E-state index in [9.17, 15) is 14.9 Å². The van der Waals surface area contributed by atoms with Gasteiger partial charge in [-0.2, -0.15) is 0 Å². The van der Waals surface area contributed by atoms with Crippen molar-refractivity contribution in [1.82, 2.24) is 9.80 Å². The van der Waals surface area contributed by atoms with Crippen LogP contribution in [0.3, 0.4) is 0 Å². The molecule has 2 aromatic rings. The average Bonchev–Trinajstić information content (AvgIpc) is 3.18. The molecule has 2 aromatic carbocycles. The summed E-state index contributed by atoms with van der Waals surface area (Å²) in [7, 11) is 0. The highest BCUT2D eigenvalue weighted by molar-refractivity contribution is 6.31. The summed E-state index contributed by atoms with van der Waals surface area (Å²) in [5, 5.41) is 14.1. The Morgan fingerprint density at radius 3 is 2.67 bits per heavy atom. The molecule has 1 amide bonds. The summed E-state index contributed by atoms with van der Waals surface area (Å²) < 4.78 is 5.56. The van der Waals surface area contributed by atoms with Crippen LogP contribution in [0.5, 0.6) is 5.75 Å². The second-order valence-electron chi connectivity index (χ2n) is 7.56. The summed E-state index contributed by atoms with van der Waals surface area (Å²) >= 11 is 5.82. The van der Waals surface area contributed by atoms with Crippen molar-refractivity contribution in [3.8, 4) is 5.75 Å². The third-order valence-corrected chi connectivity index (χ3v) is 5.66. The molecule has 1 saturated heterocycles. The van der Waals surface area contributed by atoms with E-state index in [0.717, 1.165) is 51.5 Å². The van der Waals surface area contributed by atoms with Crippen LogP contribution in [-0.2, 0) is 17.8 Å². The number of nitrogens with zero attached hydrogens (tertiary/aromatic N) is 3. The Hall–Kier alpha value is -2.68. The predicted molar refractivity (Wildman–Crippen MR) is 114 cm³/mol. The Kier molecular flexibility index (Phi) is 6.17. The molecule has 2 aliphatic rings. The molecule has 1 fully saturated rings. The lowest BCUT2D eigenvalue weighted by molar-refractivity contribution is -0.383. The number of fused-ring (bicyclic) bond motifs is 1. The first-order chi connectivity index (χ1) is 14.5. The molecule has 0 atom stereocenters. The molecule has 158 valence electrons. The summed E-state index contributed by atoms with van der Waals surface area (Å²) in [6.07, 6.45) is 0.970. The van der Waals surface area contributed by atoms with Crippen LogP contribution >= 0.6 is 11.6 Å². The molecule has 0 aliphatic carbocycles. The lowest BCUT2D eigenvalue weighted by atomic mass is 10.1. The Balaban J connectivity index is 1.27. The van der Waals surface area contributed by atoms with Gasteiger partial charge in [-0.3, -0.25) is 24.7 Å². The maximum absolute atomic E-state index is 12.4. The van der Waals surface area contributed by atoms with Gasteiger partial charge in [0.2, 0.25) is 5.91 Å². The Morgan fingerprint density at radius 2 is 1.90 bits per heavy atom. The SMILES string of the molecule is O=C(CN1CCN(Cc2ccc3c(c2)CCO3)CC1)Nc1ccc(Cl)cc1[N+](=O)[O-]. The average molecular weight is 431 g/mol. The van der Waals surface area contributed by atoms with E-state index in [0.29, 0.717) is 0 Å². The van der Waals surface area contributed by atoms with Crippen LogP contribution in [0.1, 0.15) is 11.1 Å². The lowest BCUT2D eigenvalue weighted by Gasteiger charge is -2.34. The largest absolute Gasteiger partial charge is 0.493 e. The van der Waals surface area contributed by atoms with Crippen molar-refractivity contribution in [2.75, 3.05) is 44.6 Å². The molecule has 2 heterocycles. The maximum Gasteiger partial charge on any atom is 0.294 e. The summed E-state index contributed by atoms with van der Waals surface area (Å²) in [4.78, 5) is 27.4. The molecule has 4 rings (SSSR count). The minimum absolute atomic E-state index is 0.161. The number of anilines is 1. The second kappa shape index (κ2) is 8.99. The fourth-order valence-corrected chi connectivity index (χ4v) is 4.02. The van der Waals surface area contributed by atoms with Gasteiger partial charge in [-0.15, -0.1) is 0 Å². The van der Waals surface area contributed by atoms with Crippen LogP contribution in [0.15, 0.2) is 36.4 Å². The standard InChI is InChI=1S/C21H23ClN4O4/c22-17-2-3-18(19(12-17)26(28)29)23-21(27)14-25-8-6-24(7-9-25)13-15-1-4-20-16(11-15)5-10-30-20/h1-4,11-12H,5-10,13-14H2,(H,23,27). The maximum atomic E-state index is 12.4. The minimum atomic E-state index is -0.550. The number of carbonyl (C=O) groups excluding carboxylic acids is 1. The van der Waals surface area contributed by atoms with E-state index in [1.54, 1.807) is 0 Å². The smallest absolute Gasteiger partial charge is 0.294 e. The quantitative estimate of drug-likeness (QED) is 0.560. The molecule has 9 heteroatoms. The first-order valence-corrected chi connectivity index (χ1v) is 10.3.